The second-order valence-electron chi connectivity index (χ2n) is 7.52. The molecule has 1 atom stereocenters. The summed E-state index contributed by atoms with van der Waals surface area (Å²) < 4.78 is 2.19. The lowest BCUT2D eigenvalue weighted by Gasteiger charge is -2.22. The molecule has 1 unspecified atom stereocenters. The predicted molar refractivity (Wildman–Crippen MR) is 110 cm³/mol. The summed E-state index contributed by atoms with van der Waals surface area (Å²) in [5, 5.41) is 5.39. The van der Waals surface area contributed by atoms with Crippen LogP contribution in [0.25, 0.3) is 10.9 Å². The highest BCUT2D eigenvalue weighted by Gasteiger charge is 2.26. The molecule has 0 saturated heterocycles. The standard InChI is InChI=1S/C21H26N4OS/c1-14-22-17-8-6-9-18(20(17)27-14)23-21(26)16-13-25(12-11-24(2)3)19-10-5-4-7-15(16)19/h4-5,7,10,13,18H,6,8-9,11-12H2,1-3H3,(H,23,26). The molecule has 0 spiro atoms. The van der Waals surface area contributed by atoms with Gasteiger partial charge < -0.3 is 14.8 Å². The molecule has 0 bridgehead atoms. The second kappa shape index (κ2) is 7.44. The van der Waals surface area contributed by atoms with Crippen LogP contribution in [-0.2, 0) is 13.0 Å². The van der Waals surface area contributed by atoms with E-state index in [2.05, 4.69) is 39.9 Å². The Morgan fingerprint density at radius 1 is 1.37 bits per heavy atom. The van der Waals surface area contributed by atoms with E-state index in [1.165, 1.54) is 10.6 Å². The zero-order valence-electron chi connectivity index (χ0n) is 16.2. The van der Waals surface area contributed by atoms with Crippen molar-refractivity contribution in [1.29, 1.82) is 0 Å². The van der Waals surface area contributed by atoms with Gasteiger partial charge in [0.25, 0.3) is 5.91 Å². The van der Waals surface area contributed by atoms with Gasteiger partial charge in [-0.2, -0.15) is 0 Å². The fourth-order valence-electron chi connectivity index (χ4n) is 3.84. The third-order valence-electron chi connectivity index (χ3n) is 5.18. The van der Waals surface area contributed by atoms with E-state index in [0.29, 0.717) is 0 Å². The highest BCUT2D eigenvalue weighted by molar-refractivity contribution is 7.11. The molecule has 2 aromatic heterocycles. The molecule has 1 aromatic carbocycles. The predicted octanol–water partition coefficient (Wildman–Crippen LogP) is 3.78. The molecular weight excluding hydrogens is 356 g/mol. The molecule has 0 radical (unpaired) electrons. The van der Waals surface area contributed by atoms with Gasteiger partial charge in [-0.25, -0.2) is 4.98 Å². The summed E-state index contributed by atoms with van der Waals surface area (Å²) in [7, 11) is 4.13. The summed E-state index contributed by atoms with van der Waals surface area (Å²) in [6, 6.07) is 8.24. The Bertz CT molecular complexity index is 972. The molecule has 0 fully saturated rings. The normalized spacial score (nSPS) is 16.7. The van der Waals surface area contributed by atoms with E-state index in [-0.39, 0.29) is 11.9 Å². The zero-order chi connectivity index (χ0) is 19.0. The fourth-order valence-corrected chi connectivity index (χ4v) is 4.89. The van der Waals surface area contributed by atoms with Gasteiger partial charge in [0, 0.05) is 30.2 Å². The van der Waals surface area contributed by atoms with Crippen molar-refractivity contribution in [3.8, 4) is 0 Å². The highest BCUT2D eigenvalue weighted by atomic mass is 32.1. The summed E-state index contributed by atoms with van der Waals surface area (Å²) in [5.41, 5.74) is 3.04. The van der Waals surface area contributed by atoms with Crippen molar-refractivity contribution in [2.45, 2.75) is 38.8 Å². The number of carbonyl (C=O) groups excluding carboxylic acids is 1. The molecule has 1 aliphatic carbocycles. The van der Waals surface area contributed by atoms with Crippen molar-refractivity contribution in [2.24, 2.45) is 0 Å². The van der Waals surface area contributed by atoms with E-state index in [1.54, 1.807) is 11.3 Å². The van der Waals surface area contributed by atoms with Crippen LogP contribution in [0, 0.1) is 6.92 Å². The first-order valence-corrected chi connectivity index (χ1v) is 10.3. The van der Waals surface area contributed by atoms with Crippen LogP contribution >= 0.6 is 11.3 Å². The number of aromatic nitrogens is 2. The number of likely N-dealkylation sites (N-methyl/N-ethyl adjacent to an activating group) is 1. The van der Waals surface area contributed by atoms with Crippen molar-refractivity contribution in [3.63, 3.8) is 0 Å². The molecule has 27 heavy (non-hydrogen) atoms. The lowest BCUT2D eigenvalue weighted by atomic mass is 9.97. The molecule has 0 aliphatic heterocycles. The van der Waals surface area contributed by atoms with Gasteiger partial charge >= 0.3 is 0 Å². The number of hydrogen-bond donors (Lipinski definition) is 1. The Kier molecular flexibility index (Phi) is 5.02. The van der Waals surface area contributed by atoms with E-state index in [0.717, 1.165) is 53.8 Å². The smallest absolute Gasteiger partial charge is 0.253 e. The number of rotatable bonds is 5. The summed E-state index contributed by atoms with van der Waals surface area (Å²) >= 11 is 1.72. The number of fused-ring (bicyclic) bond motifs is 2. The average molecular weight is 383 g/mol. The van der Waals surface area contributed by atoms with Crippen LogP contribution in [-0.4, -0.2) is 41.0 Å². The molecule has 142 valence electrons. The van der Waals surface area contributed by atoms with E-state index >= 15 is 0 Å². The topological polar surface area (TPSA) is 50.2 Å². The monoisotopic (exact) mass is 382 g/mol. The third kappa shape index (κ3) is 3.64. The van der Waals surface area contributed by atoms with Gasteiger partial charge in [-0.05, 0) is 46.3 Å². The van der Waals surface area contributed by atoms with Crippen LogP contribution < -0.4 is 5.32 Å². The number of aryl methyl sites for hydroxylation is 2. The molecule has 3 aromatic rings. The van der Waals surface area contributed by atoms with Gasteiger partial charge in [0.2, 0.25) is 0 Å². The summed E-state index contributed by atoms with van der Waals surface area (Å²) in [4.78, 5) is 21.2. The SMILES string of the molecule is Cc1nc2c(s1)C(NC(=O)c1cn(CCN(C)C)c3ccccc13)CCC2. The second-order valence-corrected chi connectivity index (χ2v) is 8.75. The van der Waals surface area contributed by atoms with Crippen LogP contribution in [0.4, 0.5) is 0 Å². The van der Waals surface area contributed by atoms with Gasteiger partial charge in [0.15, 0.2) is 0 Å². The van der Waals surface area contributed by atoms with Crippen LogP contribution in [0.2, 0.25) is 0 Å². The fraction of sp³-hybridized carbons (Fsp3) is 0.429. The highest BCUT2D eigenvalue weighted by Crippen LogP contribution is 2.34. The first-order valence-electron chi connectivity index (χ1n) is 9.52. The van der Waals surface area contributed by atoms with Gasteiger partial charge in [-0.15, -0.1) is 11.3 Å². The Labute approximate surface area is 164 Å². The zero-order valence-corrected chi connectivity index (χ0v) is 17.0. The summed E-state index contributed by atoms with van der Waals surface area (Å²) in [5.74, 6) is 0.0127. The maximum atomic E-state index is 13.1. The Morgan fingerprint density at radius 2 is 2.19 bits per heavy atom. The number of thiazole rings is 1. The minimum atomic E-state index is 0.0127. The van der Waals surface area contributed by atoms with Crippen molar-refractivity contribution in [3.05, 3.63) is 51.6 Å². The molecule has 1 aliphatic rings. The minimum Gasteiger partial charge on any atom is -0.345 e. The third-order valence-corrected chi connectivity index (χ3v) is 6.31. The molecular formula is C21H26N4OS. The van der Waals surface area contributed by atoms with Gasteiger partial charge in [0.05, 0.1) is 27.2 Å². The molecule has 1 amide bonds. The first kappa shape index (κ1) is 18.2. The lowest BCUT2D eigenvalue weighted by molar-refractivity contribution is 0.0935. The van der Waals surface area contributed by atoms with Crippen molar-refractivity contribution < 1.29 is 4.79 Å². The van der Waals surface area contributed by atoms with Crippen LogP contribution in [0.15, 0.2) is 30.5 Å². The van der Waals surface area contributed by atoms with Crippen molar-refractivity contribution >= 4 is 28.1 Å². The lowest BCUT2D eigenvalue weighted by Crippen LogP contribution is -2.30. The molecule has 5 nitrogen and oxygen atoms in total. The number of amides is 1. The molecule has 4 rings (SSSR count). The number of benzene rings is 1. The van der Waals surface area contributed by atoms with Crippen LogP contribution in [0.5, 0.6) is 0 Å². The number of nitrogens with zero attached hydrogens (tertiary/aromatic N) is 3. The largest absolute Gasteiger partial charge is 0.345 e. The quantitative estimate of drug-likeness (QED) is 0.731. The van der Waals surface area contributed by atoms with E-state index in [9.17, 15) is 4.79 Å². The molecule has 1 N–H and O–H groups in total. The van der Waals surface area contributed by atoms with Crippen LogP contribution in [0.3, 0.4) is 0 Å². The van der Waals surface area contributed by atoms with Crippen molar-refractivity contribution in [2.75, 3.05) is 20.6 Å². The maximum absolute atomic E-state index is 13.1. The summed E-state index contributed by atoms with van der Waals surface area (Å²) in [6.07, 6.45) is 5.09. The molecule has 0 saturated carbocycles. The molecule has 6 heteroatoms. The summed E-state index contributed by atoms with van der Waals surface area (Å²) in [6.45, 7) is 3.84. The van der Waals surface area contributed by atoms with Gasteiger partial charge in [0.1, 0.15) is 0 Å². The number of hydrogen-bond acceptors (Lipinski definition) is 4. The maximum Gasteiger partial charge on any atom is 0.253 e. The average Bonchev–Trinajstić information content (AvgIpc) is 3.20. The Morgan fingerprint density at radius 3 is 3.00 bits per heavy atom. The first-order chi connectivity index (χ1) is 13.0. The Hall–Kier alpha value is -2.18. The molecule has 2 heterocycles. The van der Waals surface area contributed by atoms with Crippen molar-refractivity contribution in [1.82, 2.24) is 19.8 Å². The number of carbonyl (C=O) groups is 1. The number of nitrogens with one attached hydrogen (secondary N) is 1. The van der Waals surface area contributed by atoms with E-state index in [1.807, 2.05) is 31.3 Å². The van der Waals surface area contributed by atoms with E-state index < -0.39 is 0 Å². The number of para-hydroxylation sites is 1. The van der Waals surface area contributed by atoms with Gasteiger partial charge in [-0.3, -0.25) is 4.79 Å². The van der Waals surface area contributed by atoms with Crippen LogP contribution in [0.1, 0.15) is 44.8 Å². The van der Waals surface area contributed by atoms with Gasteiger partial charge in [-0.1, -0.05) is 18.2 Å². The van der Waals surface area contributed by atoms with E-state index in [4.69, 9.17) is 0 Å². The minimum absolute atomic E-state index is 0.0127. The Balaban J connectivity index is 1.62.